The van der Waals surface area contributed by atoms with Crippen molar-refractivity contribution in [2.75, 3.05) is 51.7 Å². The Morgan fingerprint density at radius 2 is 1.52 bits per heavy atom. The van der Waals surface area contributed by atoms with E-state index < -0.39 is 23.8 Å². The second-order valence-electron chi connectivity index (χ2n) is 9.22. The van der Waals surface area contributed by atoms with Gasteiger partial charge in [0.25, 0.3) is 17.6 Å². The van der Waals surface area contributed by atoms with Crippen molar-refractivity contribution in [2.45, 2.75) is 12.8 Å². The van der Waals surface area contributed by atoms with Gasteiger partial charge in [-0.1, -0.05) is 30.3 Å². The first-order valence-electron chi connectivity index (χ1n) is 13.0. The fraction of sp³-hybridized carbons (Fsp3) is 0.321. The first-order valence-corrected chi connectivity index (χ1v) is 13.0. The van der Waals surface area contributed by atoms with Gasteiger partial charge in [0, 0.05) is 56.4 Å². The number of urea groups is 1. The van der Waals surface area contributed by atoms with Crippen LogP contribution in [-0.2, 0) is 9.53 Å². The molecule has 0 radical (unpaired) electrons. The number of alkyl carbamates (subject to hydrolysis) is 1. The minimum Gasteiger partial charge on any atom is -0.453 e. The average molecular weight is 549 g/mol. The lowest BCUT2D eigenvalue weighted by molar-refractivity contribution is -0.127. The van der Waals surface area contributed by atoms with Crippen LogP contribution < -0.4 is 16.0 Å². The summed E-state index contributed by atoms with van der Waals surface area (Å²) < 4.78 is 4.49. The fourth-order valence-electron chi connectivity index (χ4n) is 4.46. The Bertz CT molecular complexity index is 1380. The van der Waals surface area contributed by atoms with Gasteiger partial charge >= 0.3 is 12.1 Å². The molecule has 1 aromatic heterocycles. The van der Waals surface area contributed by atoms with Crippen molar-refractivity contribution in [3.63, 3.8) is 0 Å². The minimum absolute atomic E-state index is 0.102. The number of rotatable bonds is 9. The molecule has 0 saturated carbocycles. The Kier molecular flexibility index (Phi) is 9.34. The number of Topliss-reactive ketones (excluding diaryl/α,β-unsaturated/α-hetero) is 1. The summed E-state index contributed by atoms with van der Waals surface area (Å²) in [6.45, 7) is 2.04. The zero-order valence-electron chi connectivity index (χ0n) is 22.2. The van der Waals surface area contributed by atoms with Crippen molar-refractivity contribution in [3.8, 4) is 0 Å². The van der Waals surface area contributed by atoms with Crippen LogP contribution in [0.1, 0.15) is 33.6 Å². The Labute approximate surface area is 231 Å². The monoisotopic (exact) mass is 548 g/mol. The van der Waals surface area contributed by atoms with Gasteiger partial charge in [-0.25, -0.2) is 9.59 Å². The largest absolute Gasteiger partial charge is 0.453 e. The first-order chi connectivity index (χ1) is 19.4. The van der Waals surface area contributed by atoms with E-state index in [9.17, 15) is 24.0 Å². The van der Waals surface area contributed by atoms with Crippen LogP contribution in [0.25, 0.3) is 10.9 Å². The highest BCUT2D eigenvalue weighted by atomic mass is 16.5. The second-order valence-corrected chi connectivity index (χ2v) is 9.22. The van der Waals surface area contributed by atoms with Gasteiger partial charge in [-0.15, -0.1) is 0 Å². The van der Waals surface area contributed by atoms with Crippen molar-refractivity contribution in [1.29, 1.82) is 0 Å². The molecule has 2 aromatic carbocycles. The molecule has 1 fully saturated rings. The highest BCUT2D eigenvalue weighted by molar-refractivity contribution is 6.45. The van der Waals surface area contributed by atoms with E-state index >= 15 is 0 Å². The molecule has 0 unspecified atom stereocenters. The molecule has 1 saturated heterocycles. The Morgan fingerprint density at radius 3 is 2.23 bits per heavy atom. The smallest absolute Gasteiger partial charge is 0.406 e. The van der Waals surface area contributed by atoms with Crippen molar-refractivity contribution in [1.82, 2.24) is 25.4 Å². The summed E-state index contributed by atoms with van der Waals surface area (Å²) in [5.74, 6) is -1.39. The van der Waals surface area contributed by atoms with Gasteiger partial charge in [0.15, 0.2) is 0 Å². The number of carbonyl (C=O) groups excluding carboxylic acids is 5. The number of aromatic nitrogens is 1. The molecule has 12 heteroatoms. The molecule has 0 atom stereocenters. The molecular formula is C28H32N6O6. The van der Waals surface area contributed by atoms with Crippen molar-refractivity contribution in [3.05, 3.63) is 65.9 Å². The van der Waals surface area contributed by atoms with E-state index in [0.717, 1.165) is 0 Å². The SMILES string of the molecule is COC(=O)NCCCCNC(=O)Nc1cccc2c(C(=O)C(=O)N3CCN(C(=O)c4ccccc4)CC3)c[nH]c12. The average Bonchev–Trinajstić information content (AvgIpc) is 3.43. The Morgan fingerprint density at radius 1 is 0.850 bits per heavy atom. The van der Waals surface area contributed by atoms with Crippen LogP contribution in [-0.4, -0.2) is 90.9 Å². The van der Waals surface area contributed by atoms with Gasteiger partial charge < -0.3 is 35.5 Å². The predicted molar refractivity (Wildman–Crippen MR) is 148 cm³/mol. The predicted octanol–water partition coefficient (Wildman–Crippen LogP) is 2.59. The number of H-pyrrole nitrogens is 1. The summed E-state index contributed by atoms with van der Waals surface area (Å²) in [4.78, 5) is 68.4. The highest BCUT2D eigenvalue weighted by Crippen LogP contribution is 2.26. The van der Waals surface area contributed by atoms with Gasteiger partial charge in [0.05, 0.1) is 23.9 Å². The maximum absolute atomic E-state index is 13.2. The number of benzene rings is 2. The quantitative estimate of drug-likeness (QED) is 0.183. The number of hydrogen-bond acceptors (Lipinski definition) is 6. The number of aromatic amines is 1. The van der Waals surface area contributed by atoms with Crippen LogP contribution in [0, 0.1) is 0 Å². The highest BCUT2D eigenvalue weighted by Gasteiger charge is 2.30. The number of unbranched alkanes of at least 4 members (excludes halogenated alkanes) is 1. The van der Waals surface area contributed by atoms with Gasteiger partial charge in [-0.3, -0.25) is 14.4 Å². The molecule has 4 rings (SSSR count). The molecule has 1 aliphatic rings. The van der Waals surface area contributed by atoms with Gasteiger partial charge in [-0.05, 0) is 31.0 Å². The third-order valence-corrected chi connectivity index (χ3v) is 6.62. The molecule has 2 heterocycles. The van der Waals surface area contributed by atoms with Crippen LogP contribution in [0.5, 0.6) is 0 Å². The van der Waals surface area contributed by atoms with Crippen molar-refractivity contribution >= 4 is 46.3 Å². The summed E-state index contributed by atoms with van der Waals surface area (Å²) in [7, 11) is 1.29. The maximum atomic E-state index is 13.2. The van der Waals surface area contributed by atoms with E-state index in [1.54, 1.807) is 47.4 Å². The third kappa shape index (κ3) is 6.76. The Hall–Kier alpha value is -4.87. The van der Waals surface area contributed by atoms with Crippen LogP contribution in [0.4, 0.5) is 15.3 Å². The van der Waals surface area contributed by atoms with Gasteiger partial charge in [-0.2, -0.15) is 0 Å². The van der Waals surface area contributed by atoms with Crippen molar-refractivity contribution < 1.29 is 28.7 Å². The molecule has 40 heavy (non-hydrogen) atoms. The number of methoxy groups -OCH3 is 1. The molecule has 5 amide bonds. The second kappa shape index (κ2) is 13.3. The van der Waals surface area contributed by atoms with E-state index in [4.69, 9.17) is 0 Å². The Balaban J connectivity index is 1.31. The molecule has 0 aliphatic carbocycles. The van der Waals surface area contributed by atoms with Gasteiger partial charge in [0.2, 0.25) is 0 Å². The van der Waals surface area contributed by atoms with Crippen LogP contribution >= 0.6 is 0 Å². The number of ketones is 1. The number of para-hydroxylation sites is 1. The third-order valence-electron chi connectivity index (χ3n) is 6.62. The van der Waals surface area contributed by atoms with E-state index in [1.807, 2.05) is 6.07 Å². The molecular weight excluding hydrogens is 516 g/mol. The standard InChI is InChI=1S/C28H32N6O6/c1-40-28(39)30-13-6-5-12-29-27(38)32-22-11-7-10-20-21(18-31-23(20)22)24(35)26(37)34-16-14-33(15-17-34)25(36)19-8-3-2-4-9-19/h2-4,7-11,18,31H,5-6,12-17H2,1H3,(H,30,39)(H2,29,32,38). The number of hydrogen-bond donors (Lipinski definition) is 4. The number of amides is 5. The number of carbonyl (C=O) groups is 5. The molecule has 210 valence electrons. The number of nitrogens with one attached hydrogen (secondary N) is 4. The lowest BCUT2D eigenvalue weighted by Crippen LogP contribution is -2.52. The summed E-state index contributed by atoms with van der Waals surface area (Å²) in [6, 6.07) is 13.6. The molecule has 4 N–H and O–H groups in total. The van der Waals surface area contributed by atoms with Crippen LogP contribution in [0.3, 0.4) is 0 Å². The molecule has 1 aliphatic heterocycles. The number of piperazine rings is 1. The summed E-state index contributed by atoms with van der Waals surface area (Å²) >= 11 is 0. The normalized spacial score (nSPS) is 13.0. The van der Waals surface area contributed by atoms with Crippen LogP contribution in [0.15, 0.2) is 54.7 Å². The number of fused-ring (bicyclic) bond motifs is 1. The fourth-order valence-corrected chi connectivity index (χ4v) is 4.46. The lowest BCUT2D eigenvalue weighted by Gasteiger charge is -2.34. The summed E-state index contributed by atoms with van der Waals surface area (Å²) in [6.07, 6.45) is 2.29. The number of nitrogens with zero attached hydrogens (tertiary/aromatic N) is 2. The summed E-state index contributed by atoms with van der Waals surface area (Å²) in [5, 5.41) is 8.59. The maximum Gasteiger partial charge on any atom is 0.406 e. The van der Waals surface area contributed by atoms with E-state index in [2.05, 4.69) is 25.7 Å². The lowest BCUT2D eigenvalue weighted by atomic mass is 10.1. The minimum atomic E-state index is -0.656. The zero-order valence-corrected chi connectivity index (χ0v) is 22.2. The number of ether oxygens (including phenoxy) is 1. The molecule has 0 spiro atoms. The van der Waals surface area contributed by atoms with E-state index in [1.165, 1.54) is 18.2 Å². The number of anilines is 1. The molecule has 0 bridgehead atoms. The molecule has 3 aromatic rings. The zero-order chi connectivity index (χ0) is 28.5. The summed E-state index contributed by atoms with van der Waals surface area (Å²) in [5.41, 5.74) is 1.78. The first kappa shape index (κ1) is 28.1. The van der Waals surface area contributed by atoms with Gasteiger partial charge in [0.1, 0.15) is 0 Å². The van der Waals surface area contributed by atoms with E-state index in [-0.39, 0.29) is 24.6 Å². The molecule has 12 nitrogen and oxygen atoms in total. The van der Waals surface area contributed by atoms with Crippen LogP contribution in [0.2, 0.25) is 0 Å². The van der Waals surface area contributed by atoms with Crippen molar-refractivity contribution in [2.24, 2.45) is 0 Å². The topological polar surface area (TPSA) is 153 Å². The van der Waals surface area contributed by atoms with E-state index in [0.29, 0.717) is 61.2 Å².